The lowest BCUT2D eigenvalue weighted by Crippen LogP contribution is -2.12. The molecule has 0 saturated heterocycles. The van der Waals surface area contributed by atoms with Gasteiger partial charge >= 0.3 is 6.18 Å². The third-order valence-corrected chi connectivity index (χ3v) is 4.03. The number of hydrogen-bond donors (Lipinski definition) is 0. The summed E-state index contributed by atoms with van der Waals surface area (Å²) in [4.78, 5) is 0.969. The van der Waals surface area contributed by atoms with E-state index in [1.807, 2.05) is 6.07 Å². The Labute approximate surface area is 131 Å². The highest BCUT2D eigenvalue weighted by Crippen LogP contribution is 2.42. The lowest BCUT2D eigenvalue weighted by Gasteiger charge is -2.16. The lowest BCUT2D eigenvalue weighted by molar-refractivity contribution is -0.0691. The van der Waals surface area contributed by atoms with Crippen LogP contribution >= 0.6 is 11.8 Å². The summed E-state index contributed by atoms with van der Waals surface area (Å²) in [5.41, 5.74) is -0.534. The molecule has 0 heterocycles. The predicted octanol–water partition coefficient (Wildman–Crippen LogP) is 5.78. The normalized spacial score (nSPS) is 12.8. The van der Waals surface area contributed by atoms with Gasteiger partial charge in [0.05, 0.1) is 12.7 Å². The Kier molecular flexibility index (Phi) is 5.19. The summed E-state index contributed by atoms with van der Waals surface area (Å²) >= 11 is 1.11. The highest BCUT2D eigenvalue weighted by atomic mass is 32.2. The fourth-order valence-corrected chi connectivity index (χ4v) is 3.04. The quantitative estimate of drug-likeness (QED) is 0.659. The van der Waals surface area contributed by atoms with Gasteiger partial charge in [-0.2, -0.15) is 13.2 Å². The lowest BCUT2D eigenvalue weighted by atomic mass is 10.1. The first kappa shape index (κ1) is 16.5. The average molecular weight is 324 g/mol. The van der Waals surface area contributed by atoms with E-state index in [2.05, 4.69) is 0 Å². The van der Waals surface area contributed by atoms with Crippen LogP contribution < -0.4 is 4.74 Å². The maximum absolute atomic E-state index is 13.5. The number of methoxy groups -OCH3 is 1. The first-order valence-corrected chi connectivity index (χ1v) is 7.39. The van der Waals surface area contributed by atoms with Crippen LogP contribution in [0.1, 0.15) is 12.5 Å². The zero-order valence-corrected chi connectivity index (χ0v) is 13.0. The topological polar surface area (TPSA) is 9.23 Å². The Morgan fingerprint density at radius 2 is 1.68 bits per heavy atom. The molecule has 0 fully saturated rings. The molecule has 2 rings (SSSR count). The number of alkyl halides is 3. The van der Waals surface area contributed by atoms with Crippen molar-refractivity contribution in [3.63, 3.8) is 0 Å². The Balaban J connectivity index is 2.47. The summed E-state index contributed by atoms with van der Waals surface area (Å²) < 4.78 is 45.5. The summed E-state index contributed by atoms with van der Waals surface area (Å²) in [5, 5.41) is 0. The van der Waals surface area contributed by atoms with Crippen LogP contribution in [0.15, 0.2) is 64.4 Å². The molecule has 0 saturated carbocycles. The predicted molar refractivity (Wildman–Crippen MR) is 83.9 cm³/mol. The zero-order chi connectivity index (χ0) is 16.2. The molecule has 0 amide bonds. The number of allylic oxidation sites excluding steroid dienone is 2. The van der Waals surface area contributed by atoms with E-state index < -0.39 is 11.7 Å². The van der Waals surface area contributed by atoms with E-state index in [-0.39, 0.29) is 10.5 Å². The van der Waals surface area contributed by atoms with E-state index in [0.717, 1.165) is 16.7 Å². The average Bonchev–Trinajstić information content (AvgIpc) is 2.47. The van der Waals surface area contributed by atoms with Crippen LogP contribution in [0.25, 0.3) is 5.57 Å². The monoisotopic (exact) mass is 324 g/mol. The third kappa shape index (κ3) is 4.07. The molecule has 5 heteroatoms. The second-order valence-corrected chi connectivity index (χ2v) is 5.86. The van der Waals surface area contributed by atoms with Crippen molar-refractivity contribution < 1.29 is 17.9 Å². The Morgan fingerprint density at radius 3 is 2.27 bits per heavy atom. The van der Waals surface area contributed by atoms with Gasteiger partial charge < -0.3 is 4.74 Å². The minimum absolute atomic E-state index is 0.104. The first-order chi connectivity index (χ1) is 10.4. The number of rotatable bonds is 4. The Morgan fingerprint density at radius 1 is 1.00 bits per heavy atom. The minimum atomic E-state index is -4.43. The maximum atomic E-state index is 13.5. The van der Waals surface area contributed by atoms with Gasteiger partial charge in [0.2, 0.25) is 0 Å². The fraction of sp³-hybridized carbons (Fsp3) is 0.176. The van der Waals surface area contributed by atoms with Gasteiger partial charge in [-0.15, -0.1) is 0 Å². The van der Waals surface area contributed by atoms with Crippen LogP contribution in [0, 0.1) is 0 Å². The van der Waals surface area contributed by atoms with Crippen LogP contribution in [0.3, 0.4) is 0 Å². The van der Waals surface area contributed by atoms with Crippen molar-refractivity contribution in [3.05, 3.63) is 65.1 Å². The summed E-state index contributed by atoms with van der Waals surface area (Å²) in [6, 6.07) is 15.0. The number of ether oxygens (including phenoxy) is 1. The van der Waals surface area contributed by atoms with Gasteiger partial charge in [-0.05, 0) is 41.7 Å². The first-order valence-electron chi connectivity index (χ1n) is 6.57. The van der Waals surface area contributed by atoms with Crippen molar-refractivity contribution in [2.75, 3.05) is 7.11 Å². The Bertz CT molecular complexity index is 663. The van der Waals surface area contributed by atoms with Crippen LogP contribution in [-0.2, 0) is 0 Å². The molecule has 2 aromatic rings. The number of benzene rings is 2. The molecule has 0 bridgehead atoms. The van der Waals surface area contributed by atoms with E-state index >= 15 is 0 Å². The summed E-state index contributed by atoms with van der Waals surface area (Å²) in [6.45, 7) is 1.49. The minimum Gasteiger partial charge on any atom is -0.497 e. The van der Waals surface area contributed by atoms with Crippen molar-refractivity contribution in [2.24, 2.45) is 0 Å². The van der Waals surface area contributed by atoms with Crippen molar-refractivity contribution in [1.82, 2.24) is 0 Å². The maximum Gasteiger partial charge on any atom is 0.417 e. The van der Waals surface area contributed by atoms with Gasteiger partial charge in [0.15, 0.2) is 0 Å². The van der Waals surface area contributed by atoms with Crippen molar-refractivity contribution in [1.29, 1.82) is 0 Å². The standard InChI is InChI=1S/C17H15F3OS/c1-12(22-15-9-4-3-5-10-15)16(17(18,19)20)13-7-6-8-14(11-13)21-2/h3-11H,1-2H3/b16-12-. The summed E-state index contributed by atoms with van der Waals surface area (Å²) in [5.74, 6) is 0.400. The van der Waals surface area contributed by atoms with Gasteiger partial charge in [-0.1, -0.05) is 42.1 Å². The van der Waals surface area contributed by atoms with E-state index in [9.17, 15) is 13.2 Å². The molecule has 0 aliphatic carbocycles. The molecule has 0 radical (unpaired) electrons. The molecule has 0 aliphatic rings. The molecule has 0 N–H and O–H groups in total. The van der Waals surface area contributed by atoms with E-state index in [1.165, 1.54) is 26.2 Å². The zero-order valence-electron chi connectivity index (χ0n) is 12.1. The summed E-state index contributed by atoms with van der Waals surface area (Å²) in [6.07, 6.45) is -4.43. The molecule has 0 aromatic heterocycles. The van der Waals surface area contributed by atoms with Crippen LogP contribution in [0.2, 0.25) is 0 Å². The smallest absolute Gasteiger partial charge is 0.417 e. The molecule has 2 aromatic carbocycles. The number of halogens is 3. The van der Waals surface area contributed by atoms with E-state index in [1.54, 1.807) is 36.4 Å². The molecule has 22 heavy (non-hydrogen) atoms. The van der Waals surface area contributed by atoms with Crippen molar-refractivity contribution in [2.45, 2.75) is 18.0 Å². The summed E-state index contributed by atoms with van der Waals surface area (Å²) in [7, 11) is 1.43. The van der Waals surface area contributed by atoms with Gasteiger partial charge in [-0.25, -0.2) is 0 Å². The Hall–Kier alpha value is -1.88. The molecular weight excluding hydrogens is 309 g/mol. The highest BCUT2D eigenvalue weighted by Gasteiger charge is 2.36. The van der Waals surface area contributed by atoms with Crippen LogP contribution in [-0.4, -0.2) is 13.3 Å². The SMILES string of the molecule is COc1cccc(/C(=C(\C)Sc2ccccc2)C(F)(F)F)c1. The molecule has 0 unspecified atom stereocenters. The molecular formula is C17H15F3OS. The van der Waals surface area contributed by atoms with Crippen molar-refractivity contribution >= 4 is 17.3 Å². The van der Waals surface area contributed by atoms with E-state index in [0.29, 0.717) is 5.75 Å². The second kappa shape index (κ2) is 6.92. The number of hydrogen-bond acceptors (Lipinski definition) is 2. The highest BCUT2D eigenvalue weighted by molar-refractivity contribution is 8.03. The molecule has 0 spiro atoms. The third-order valence-electron chi connectivity index (χ3n) is 3.01. The molecule has 116 valence electrons. The van der Waals surface area contributed by atoms with Gasteiger partial charge in [0.1, 0.15) is 5.75 Å². The fourth-order valence-electron chi connectivity index (χ4n) is 2.06. The van der Waals surface area contributed by atoms with E-state index in [4.69, 9.17) is 4.74 Å². The van der Waals surface area contributed by atoms with Gasteiger partial charge in [-0.3, -0.25) is 0 Å². The van der Waals surface area contributed by atoms with Crippen molar-refractivity contribution in [3.8, 4) is 5.75 Å². The molecule has 1 nitrogen and oxygen atoms in total. The van der Waals surface area contributed by atoms with Crippen LogP contribution in [0.4, 0.5) is 13.2 Å². The van der Waals surface area contributed by atoms with Gasteiger partial charge in [0, 0.05) is 4.90 Å². The molecule has 0 aliphatic heterocycles. The molecule has 0 atom stereocenters. The largest absolute Gasteiger partial charge is 0.497 e. The van der Waals surface area contributed by atoms with Crippen LogP contribution in [0.5, 0.6) is 5.75 Å². The second-order valence-electron chi connectivity index (χ2n) is 4.58. The number of thioether (sulfide) groups is 1. The van der Waals surface area contributed by atoms with Gasteiger partial charge in [0.25, 0.3) is 0 Å².